The second-order valence-electron chi connectivity index (χ2n) is 8.91. The normalized spacial score (nSPS) is 16.8. The Labute approximate surface area is 207 Å². The van der Waals surface area contributed by atoms with Gasteiger partial charge in [0.1, 0.15) is 11.8 Å². The van der Waals surface area contributed by atoms with Crippen molar-refractivity contribution in [2.45, 2.75) is 51.5 Å². The number of nitrogens with one attached hydrogen (secondary N) is 2. The first kappa shape index (κ1) is 26.0. The van der Waals surface area contributed by atoms with Gasteiger partial charge in [-0.1, -0.05) is 44.0 Å². The van der Waals surface area contributed by atoms with Gasteiger partial charge in [-0.25, -0.2) is 0 Å². The Morgan fingerprint density at radius 2 is 1.71 bits per heavy atom. The molecule has 0 spiro atoms. The molecule has 3 rings (SSSR count). The molecule has 1 saturated heterocycles. The maximum atomic E-state index is 13.3. The summed E-state index contributed by atoms with van der Waals surface area (Å²) >= 11 is 5.94. The largest absolute Gasteiger partial charge is 0.494 e. The van der Waals surface area contributed by atoms with Crippen LogP contribution in [0.2, 0.25) is 5.02 Å². The molecule has 0 aliphatic carbocycles. The van der Waals surface area contributed by atoms with Crippen LogP contribution in [0.5, 0.6) is 5.75 Å². The van der Waals surface area contributed by atoms with Crippen molar-refractivity contribution < 1.29 is 19.1 Å². The summed E-state index contributed by atoms with van der Waals surface area (Å²) in [6.45, 7) is 8.33. The number of rotatable bonds is 10. The third-order valence-electron chi connectivity index (χ3n) is 6.72. The lowest BCUT2D eigenvalue weighted by molar-refractivity contribution is -0.124. The zero-order valence-corrected chi connectivity index (χ0v) is 21.0. The van der Waals surface area contributed by atoms with E-state index < -0.39 is 6.04 Å². The quantitative estimate of drug-likeness (QED) is 0.508. The van der Waals surface area contributed by atoms with Gasteiger partial charge in [-0.2, -0.15) is 0 Å². The van der Waals surface area contributed by atoms with E-state index in [1.54, 1.807) is 24.3 Å². The fourth-order valence-electron chi connectivity index (χ4n) is 4.30. The molecule has 2 N–H and O–H groups in total. The first-order chi connectivity index (χ1) is 16.4. The van der Waals surface area contributed by atoms with Crippen molar-refractivity contribution in [2.24, 2.45) is 5.92 Å². The van der Waals surface area contributed by atoms with Crippen molar-refractivity contribution in [2.75, 3.05) is 26.4 Å². The summed E-state index contributed by atoms with van der Waals surface area (Å²) < 4.78 is 11.2. The van der Waals surface area contributed by atoms with Gasteiger partial charge in [-0.05, 0) is 67.6 Å². The molecule has 7 heteroatoms. The molecule has 1 heterocycles. The molecule has 34 heavy (non-hydrogen) atoms. The summed E-state index contributed by atoms with van der Waals surface area (Å²) in [7, 11) is 0. The van der Waals surface area contributed by atoms with Gasteiger partial charge in [0.15, 0.2) is 0 Å². The van der Waals surface area contributed by atoms with Crippen LogP contribution in [-0.2, 0) is 14.9 Å². The molecule has 2 amide bonds. The van der Waals surface area contributed by atoms with Crippen molar-refractivity contribution in [1.82, 2.24) is 10.6 Å². The lowest BCUT2D eigenvalue weighted by Crippen LogP contribution is -2.53. The van der Waals surface area contributed by atoms with Crippen LogP contribution in [0.4, 0.5) is 0 Å². The van der Waals surface area contributed by atoms with Gasteiger partial charge in [0.05, 0.1) is 6.61 Å². The average molecular weight is 487 g/mol. The van der Waals surface area contributed by atoms with E-state index in [2.05, 4.69) is 22.8 Å². The van der Waals surface area contributed by atoms with Gasteiger partial charge in [0.2, 0.25) is 5.91 Å². The Hall–Kier alpha value is -2.57. The van der Waals surface area contributed by atoms with Gasteiger partial charge in [-0.3, -0.25) is 9.59 Å². The van der Waals surface area contributed by atoms with Crippen molar-refractivity contribution in [1.29, 1.82) is 0 Å². The highest BCUT2D eigenvalue weighted by Crippen LogP contribution is 2.35. The van der Waals surface area contributed by atoms with Gasteiger partial charge in [-0.15, -0.1) is 0 Å². The van der Waals surface area contributed by atoms with Crippen LogP contribution >= 0.6 is 11.6 Å². The number of hydrogen-bond acceptors (Lipinski definition) is 4. The standard InChI is InChI=1S/C27H35ClN2O4/c1-4-19(3)24(30-25(31)20-6-10-22(28)11-7-20)26(32)29-18-27(14-16-33-17-15-27)21-8-12-23(13-9-21)34-5-2/h6-13,19,24H,4-5,14-18H2,1-3H3,(H,29,32)(H,30,31). The van der Waals surface area contributed by atoms with Crippen molar-refractivity contribution in [3.05, 3.63) is 64.7 Å². The highest BCUT2D eigenvalue weighted by Gasteiger charge is 2.36. The summed E-state index contributed by atoms with van der Waals surface area (Å²) in [5.41, 5.74) is 1.41. The Morgan fingerprint density at radius 1 is 1.06 bits per heavy atom. The minimum atomic E-state index is -0.634. The predicted molar refractivity (Wildman–Crippen MR) is 135 cm³/mol. The van der Waals surface area contributed by atoms with E-state index in [4.69, 9.17) is 21.1 Å². The topological polar surface area (TPSA) is 76.7 Å². The SMILES string of the molecule is CCOc1ccc(C2(CNC(=O)C(NC(=O)c3ccc(Cl)cc3)C(C)CC)CCOCC2)cc1. The van der Waals surface area contributed by atoms with Crippen LogP contribution in [0.25, 0.3) is 0 Å². The highest BCUT2D eigenvalue weighted by molar-refractivity contribution is 6.30. The fourth-order valence-corrected chi connectivity index (χ4v) is 4.42. The molecule has 2 atom stereocenters. The fraction of sp³-hybridized carbons (Fsp3) is 0.481. The third kappa shape index (κ3) is 6.51. The maximum absolute atomic E-state index is 13.3. The molecule has 184 valence electrons. The number of carbonyl (C=O) groups excluding carboxylic acids is 2. The number of carbonyl (C=O) groups is 2. The van der Waals surface area contributed by atoms with Crippen LogP contribution in [0, 0.1) is 5.92 Å². The van der Waals surface area contributed by atoms with E-state index in [1.807, 2.05) is 32.9 Å². The van der Waals surface area contributed by atoms with Gasteiger partial charge >= 0.3 is 0 Å². The minimum absolute atomic E-state index is 0.0210. The number of halogens is 1. The number of ether oxygens (including phenoxy) is 2. The molecular formula is C27H35ClN2O4. The van der Waals surface area contributed by atoms with Gasteiger partial charge < -0.3 is 20.1 Å². The van der Waals surface area contributed by atoms with Crippen LogP contribution in [0.1, 0.15) is 56.0 Å². The molecule has 0 radical (unpaired) electrons. The monoisotopic (exact) mass is 486 g/mol. The number of hydrogen-bond donors (Lipinski definition) is 2. The molecule has 0 aromatic heterocycles. The van der Waals surface area contributed by atoms with Crippen LogP contribution in [0.3, 0.4) is 0 Å². The molecule has 0 bridgehead atoms. The zero-order chi connectivity index (χ0) is 24.6. The zero-order valence-electron chi connectivity index (χ0n) is 20.2. The van der Waals surface area contributed by atoms with Crippen LogP contribution in [-0.4, -0.2) is 44.2 Å². The van der Waals surface area contributed by atoms with Gasteiger partial charge in [0.25, 0.3) is 5.91 Å². The van der Waals surface area contributed by atoms with Crippen LogP contribution < -0.4 is 15.4 Å². The Kier molecular flexibility index (Phi) is 9.36. The summed E-state index contributed by atoms with van der Waals surface area (Å²) in [6.07, 6.45) is 2.38. The lowest BCUT2D eigenvalue weighted by atomic mass is 9.74. The minimum Gasteiger partial charge on any atom is -0.494 e. The molecule has 1 aliphatic heterocycles. The van der Waals surface area contributed by atoms with E-state index >= 15 is 0 Å². The lowest BCUT2D eigenvalue weighted by Gasteiger charge is -2.38. The molecule has 1 aliphatic rings. The van der Waals surface area contributed by atoms with Crippen molar-refractivity contribution >= 4 is 23.4 Å². The molecule has 2 aromatic rings. The second-order valence-corrected chi connectivity index (χ2v) is 9.35. The smallest absolute Gasteiger partial charge is 0.251 e. The van der Waals surface area contributed by atoms with E-state index in [0.29, 0.717) is 37.0 Å². The second kappa shape index (κ2) is 12.2. The number of amides is 2. The Bertz CT molecular complexity index is 940. The molecule has 1 fully saturated rings. The van der Waals surface area contributed by atoms with E-state index in [9.17, 15) is 9.59 Å². The predicted octanol–water partition coefficient (Wildman–Crippen LogP) is 4.75. The summed E-state index contributed by atoms with van der Waals surface area (Å²) in [4.78, 5) is 26.1. The highest BCUT2D eigenvalue weighted by atomic mass is 35.5. The van der Waals surface area contributed by atoms with E-state index in [0.717, 1.165) is 30.6 Å². The molecule has 2 unspecified atom stereocenters. The Morgan fingerprint density at radius 3 is 2.29 bits per heavy atom. The molecule has 2 aromatic carbocycles. The molecule has 0 saturated carbocycles. The maximum Gasteiger partial charge on any atom is 0.251 e. The van der Waals surface area contributed by atoms with Crippen molar-refractivity contribution in [3.8, 4) is 5.75 Å². The van der Waals surface area contributed by atoms with Gasteiger partial charge in [0, 0.05) is 35.8 Å². The summed E-state index contributed by atoms with van der Waals surface area (Å²) in [5, 5.41) is 6.64. The molecular weight excluding hydrogens is 452 g/mol. The third-order valence-corrected chi connectivity index (χ3v) is 6.97. The average Bonchev–Trinajstić information content (AvgIpc) is 2.87. The first-order valence-corrected chi connectivity index (χ1v) is 12.4. The first-order valence-electron chi connectivity index (χ1n) is 12.0. The van der Waals surface area contributed by atoms with E-state index in [1.165, 1.54) is 0 Å². The number of benzene rings is 2. The van der Waals surface area contributed by atoms with E-state index in [-0.39, 0.29) is 23.1 Å². The molecule has 6 nitrogen and oxygen atoms in total. The Balaban J connectivity index is 1.73. The summed E-state index contributed by atoms with van der Waals surface area (Å²) in [6, 6.07) is 14.1. The summed E-state index contributed by atoms with van der Waals surface area (Å²) in [5.74, 6) is 0.351. The van der Waals surface area contributed by atoms with Crippen LogP contribution in [0.15, 0.2) is 48.5 Å². The van der Waals surface area contributed by atoms with Crippen molar-refractivity contribution in [3.63, 3.8) is 0 Å².